The number of carbonyl (C=O) groups excluding carboxylic acids is 2. The number of carboxylic acids is 3. The molecule has 1 aromatic heterocycles. The Labute approximate surface area is 281 Å². The summed E-state index contributed by atoms with van der Waals surface area (Å²) in [5, 5.41) is 57.2. The van der Waals surface area contributed by atoms with Gasteiger partial charge in [-0.05, 0) is 59.1 Å². The Morgan fingerprint density at radius 3 is 2.31 bits per heavy atom. The van der Waals surface area contributed by atoms with E-state index in [1.807, 2.05) is 44.5 Å². The zero-order chi connectivity index (χ0) is 36.2. The maximum Gasteiger partial charge on any atom is 0.344 e. The zero-order valence-electron chi connectivity index (χ0n) is 27.5. The molecule has 2 fully saturated rings. The van der Waals surface area contributed by atoms with Crippen LogP contribution < -0.4 is 0 Å². The van der Waals surface area contributed by atoms with Crippen molar-refractivity contribution in [3.8, 4) is 0 Å². The number of aliphatic hydroxyl groups excluding tert-OH is 1. The molecule has 2 bridgehead atoms. The molecule has 0 aromatic carbocycles. The lowest BCUT2D eigenvalue weighted by molar-refractivity contribution is -0.374. The van der Waals surface area contributed by atoms with E-state index >= 15 is 0 Å². The van der Waals surface area contributed by atoms with Crippen LogP contribution in [0.3, 0.4) is 0 Å². The summed E-state index contributed by atoms with van der Waals surface area (Å²) >= 11 is 1.48. The predicted octanol–water partition coefficient (Wildman–Crippen LogP) is 2.95. The maximum absolute atomic E-state index is 13.0. The Balaban J connectivity index is 2.02. The summed E-state index contributed by atoms with van der Waals surface area (Å²) in [6.07, 6.45) is -4.75. The average Bonchev–Trinajstić information content (AvgIpc) is 3.59. The lowest BCUT2D eigenvalue weighted by Gasteiger charge is -2.48. The van der Waals surface area contributed by atoms with Crippen molar-refractivity contribution < 1.29 is 68.5 Å². The highest BCUT2D eigenvalue weighted by Gasteiger charge is 2.85. The molecule has 0 spiro atoms. The quantitative estimate of drug-likeness (QED) is 0.0898. The van der Waals surface area contributed by atoms with Crippen LogP contribution in [0.25, 0.3) is 0 Å². The Morgan fingerprint density at radius 1 is 1.12 bits per heavy atom. The van der Waals surface area contributed by atoms with Crippen LogP contribution >= 0.6 is 11.3 Å². The van der Waals surface area contributed by atoms with Crippen LogP contribution in [0, 0.1) is 17.8 Å². The highest BCUT2D eigenvalue weighted by molar-refractivity contribution is 7.07. The first kappa shape index (κ1) is 38.8. The van der Waals surface area contributed by atoms with Crippen LogP contribution in [0.4, 0.5) is 0 Å². The van der Waals surface area contributed by atoms with E-state index < -0.39 is 77.7 Å². The van der Waals surface area contributed by atoms with E-state index in [1.54, 1.807) is 0 Å². The Hall–Kier alpha value is -3.63. The second-order valence-electron chi connectivity index (χ2n) is 12.8. The van der Waals surface area contributed by atoms with Crippen molar-refractivity contribution in [1.82, 2.24) is 0 Å². The van der Waals surface area contributed by atoms with Crippen LogP contribution in [0.2, 0.25) is 0 Å². The van der Waals surface area contributed by atoms with Gasteiger partial charge in [0.15, 0.2) is 6.10 Å². The lowest BCUT2D eigenvalue weighted by Crippen LogP contribution is -2.78. The van der Waals surface area contributed by atoms with E-state index in [1.165, 1.54) is 24.3 Å². The van der Waals surface area contributed by atoms with Crippen LogP contribution in [-0.4, -0.2) is 96.8 Å². The number of allylic oxidation sites excluding steroid dienone is 1. The standard InChI is InChI=1S/C33H44O14S/c1-7-17(2)14-18(3)8-9-23(35)45-26-25(36)31(46-27(28(37)38)32(43,29(39)40)33(26,47-31)30(41)42)12-10-19(4)24(44-21(6)34)20(5)15-22-11-13-48-16-22/h8-9,11,13,16-18,20,24-27,36,43H,4,7,10,12,14-15H2,1-3,5-6H3,(H,37,38)(H,39,40)(H,41,42)/t17-,18+,20+,24+,25+,26+,27+,31-,32+,33-/m0/s1. The summed E-state index contributed by atoms with van der Waals surface area (Å²) in [6, 6.07) is 1.90. The van der Waals surface area contributed by atoms with Gasteiger partial charge in [-0.3, -0.25) is 4.79 Å². The van der Waals surface area contributed by atoms with Gasteiger partial charge in [-0.1, -0.05) is 46.8 Å². The fraction of sp³-hybridized carbons (Fsp3) is 0.606. The monoisotopic (exact) mass is 696 g/mol. The molecule has 14 nitrogen and oxygen atoms in total. The zero-order valence-corrected chi connectivity index (χ0v) is 28.3. The van der Waals surface area contributed by atoms with Gasteiger partial charge < -0.3 is 44.5 Å². The summed E-state index contributed by atoms with van der Waals surface area (Å²) in [4.78, 5) is 62.8. The van der Waals surface area contributed by atoms with Crippen LogP contribution in [0.15, 0.2) is 41.1 Å². The highest BCUT2D eigenvalue weighted by Crippen LogP contribution is 2.56. The summed E-state index contributed by atoms with van der Waals surface area (Å²) in [5.41, 5.74) is -6.21. The molecule has 3 heterocycles. The van der Waals surface area contributed by atoms with Gasteiger partial charge in [0, 0.05) is 25.3 Å². The van der Waals surface area contributed by atoms with Crippen molar-refractivity contribution in [2.45, 2.75) is 108 Å². The van der Waals surface area contributed by atoms with Crippen LogP contribution in [0.1, 0.15) is 65.9 Å². The number of carboxylic acid groups (broad SMARTS) is 3. The number of fused-ring (bicyclic) bond motifs is 2. The molecule has 2 aliphatic rings. The molecule has 0 saturated carbocycles. The van der Waals surface area contributed by atoms with Gasteiger partial charge in [0.1, 0.15) is 12.2 Å². The van der Waals surface area contributed by atoms with Crippen molar-refractivity contribution in [3.05, 3.63) is 46.7 Å². The first-order valence-corrected chi connectivity index (χ1v) is 16.5. The first-order chi connectivity index (χ1) is 22.4. The molecule has 0 radical (unpaired) electrons. The maximum atomic E-state index is 13.0. The topological polar surface area (TPSA) is 223 Å². The van der Waals surface area contributed by atoms with Gasteiger partial charge in [-0.25, -0.2) is 19.2 Å². The second-order valence-corrected chi connectivity index (χ2v) is 13.5. The third-order valence-corrected chi connectivity index (χ3v) is 9.75. The number of esters is 2. The van der Waals surface area contributed by atoms with E-state index in [0.29, 0.717) is 18.8 Å². The van der Waals surface area contributed by atoms with Gasteiger partial charge in [0.2, 0.25) is 23.1 Å². The molecule has 2 aliphatic heterocycles. The molecular weight excluding hydrogens is 652 g/mol. The summed E-state index contributed by atoms with van der Waals surface area (Å²) in [5.74, 6) is -11.3. The SMILES string of the molecule is C=C(CC[C@]12O[C@H](C(=O)O)[C@@](O)(C(=O)O)[C@](C(=O)O)(O1)[C@H](OC(=O)C=C[C@@H](C)C[C@@H](C)CC)[C@H]2O)[C@@H](OC(C)=O)[C@H](C)Cc1ccsc1. The number of rotatable bonds is 17. The minimum atomic E-state index is -3.89. The van der Waals surface area contributed by atoms with E-state index in [-0.39, 0.29) is 23.8 Å². The third kappa shape index (κ3) is 7.49. The fourth-order valence-electron chi connectivity index (χ4n) is 6.38. The van der Waals surface area contributed by atoms with Crippen LogP contribution in [0.5, 0.6) is 0 Å². The molecule has 0 aliphatic carbocycles. The van der Waals surface area contributed by atoms with E-state index in [4.69, 9.17) is 18.9 Å². The largest absolute Gasteiger partial charge is 0.479 e. The third-order valence-electron chi connectivity index (χ3n) is 9.02. The Bertz CT molecular complexity index is 1410. The fourth-order valence-corrected chi connectivity index (χ4v) is 7.06. The smallest absolute Gasteiger partial charge is 0.344 e. The first-order valence-electron chi connectivity index (χ1n) is 15.6. The number of carbonyl (C=O) groups is 5. The van der Waals surface area contributed by atoms with Crippen molar-refractivity contribution >= 4 is 41.2 Å². The Kier molecular flexibility index (Phi) is 12.4. The van der Waals surface area contributed by atoms with E-state index in [2.05, 4.69) is 6.58 Å². The number of hydrogen-bond donors (Lipinski definition) is 5. The number of aliphatic carboxylic acids is 3. The van der Waals surface area contributed by atoms with Crippen molar-refractivity contribution in [1.29, 1.82) is 0 Å². The van der Waals surface area contributed by atoms with Gasteiger partial charge in [-0.2, -0.15) is 11.3 Å². The predicted molar refractivity (Wildman–Crippen MR) is 169 cm³/mol. The number of hydrogen-bond acceptors (Lipinski definition) is 12. The number of aliphatic hydroxyl groups is 2. The molecule has 1 aromatic rings. The second kappa shape index (κ2) is 15.3. The Morgan fingerprint density at radius 2 is 1.79 bits per heavy atom. The number of thiophene rings is 1. The van der Waals surface area contributed by atoms with Gasteiger partial charge in [-0.15, -0.1) is 0 Å². The minimum Gasteiger partial charge on any atom is -0.479 e. The molecule has 10 atom stereocenters. The van der Waals surface area contributed by atoms with Crippen LogP contribution in [-0.2, 0) is 49.3 Å². The van der Waals surface area contributed by atoms with Gasteiger partial charge in [0.25, 0.3) is 0 Å². The van der Waals surface area contributed by atoms with E-state index in [0.717, 1.165) is 18.1 Å². The highest BCUT2D eigenvalue weighted by atomic mass is 32.1. The normalized spacial score (nSPS) is 30.6. The summed E-state index contributed by atoms with van der Waals surface area (Å²) in [6.45, 7) is 12.9. The van der Waals surface area contributed by atoms with Crippen molar-refractivity contribution in [2.24, 2.45) is 17.8 Å². The van der Waals surface area contributed by atoms with Crippen molar-refractivity contribution in [3.63, 3.8) is 0 Å². The van der Waals surface area contributed by atoms with Gasteiger partial charge in [0.05, 0.1) is 0 Å². The molecule has 48 heavy (non-hydrogen) atoms. The molecule has 2 saturated heterocycles. The number of ether oxygens (including phenoxy) is 4. The molecule has 15 heteroatoms. The average molecular weight is 697 g/mol. The minimum absolute atomic E-state index is 0.120. The lowest BCUT2D eigenvalue weighted by atomic mass is 9.74. The molecule has 266 valence electrons. The van der Waals surface area contributed by atoms with Gasteiger partial charge >= 0.3 is 29.8 Å². The molecular formula is C33H44O14S. The molecule has 0 amide bonds. The van der Waals surface area contributed by atoms with E-state index in [9.17, 15) is 49.5 Å². The molecule has 0 unspecified atom stereocenters. The molecule has 5 N–H and O–H groups in total. The summed E-state index contributed by atoms with van der Waals surface area (Å²) < 4.78 is 22.0. The molecule has 3 rings (SSSR count). The van der Waals surface area contributed by atoms with Crippen molar-refractivity contribution in [2.75, 3.05) is 0 Å². The summed E-state index contributed by atoms with van der Waals surface area (Å²) in [7, 11) is 0.